The Balaban J connectivity index is 2.29. The van der Waals surface area contributed by atoms with Crippen LogP contribution in [0.1, 0.15) is 37.7 Å². The van der Waals surface area contributed by atoms with E-state index in [9.17, 15) is 0 Å². The van der Waals surface area contributed by atoms with E-state index in [-0.39, 0.29) is 6.04 Å². The minimum absolute atomic E-state index is 0.0281. The van der Waals surface area contributed by atoms with Crippen molar-refractivity contribution in [3.63, 3.8) is 0 Å². The zero-order valence-electron chi connectivity index (χ0n) is 10.00. The Morgan fingerprint density at radius 2 is 2.35 bits per heavy atom. The fourth-order valence-corrected chi connectivity index (χ4v) is 2.22. The first kappa shape index (κ1) is 12.1. The first-order valence-electron chi connectivity index (χ1n) is 5.75. The van der Waals surface area contributed by atoms with Crippen LogP contribution in [0, 0.1) is 0 Å². The van der Waals surface area contributed by atoms with Gasteiger partial charge in [-0.25, -0.2) is 4.68 Å². The standard InChI is InChI=1S/C10H16N6S/c1-3-5-16-9(6-12-14-16)10(11-4-2)8-7-17-15-13-8/h6-7,10-11H,3-5H2,1-2H3. The highest BCUT2D eigenvalue weighted by molar-refractivity contribution is 7.03. The Morgan fingerprint density at radius 1 is 1.47 bits per heavy atom. The molecule has 2 aromatic rings. The van der Waals surface area contributed by atoms with Crippen molar-refractivity contribution >= 4 is 11.5 Å². The van der Waals surface area contributed by atoms with Crippen molar-refractivity contribution in [3.05, 3.63) is 23.0 Å². The smallest absolute Gasteiger partial charge is 0.0986 e. The third kappa shape index (κ3) is 2.67. The summed E-state index contributed by atoms with van der Waals surface area (Å²) in [5.41, 5.74) is 1.97. The summed E-state index contributed by atoms with van der Waals surface area (Å²) in [6, 6.07) is 0.0281. The fourth-order valence-electron chi connectivity index (χ4n) is 1.74. The van der Waals surface area contributed by atoms with Crippen LogP contribution in [0.4, 0.5) is 0 Å². The normalized spacial score (nSPS) is 12.8. The van der Waals surface area contributed by atoms with Crippen LogP contribution in [0.2, 0.25) is 0 Å². The van der Waals surface area contributed by atoms with Crippen LogP contribution in [0.3, 0.4) is 0 Å². The van der Waals surface area contributed by atoms with E-state index < -0.39 is 0 Å². The average molecular weight is 252 g/mol. The first-order chi connectivity index (χ1) is 8.36. The minimum Gasteiger partial charge on any atom is -0.304 e. The molecule has 0 fully saturated rings. The molecule has 92 valence electrons. The van der Waals surface area contributed by atoms with Crippen molar-refractivity contribution in [2.45, 2.75) is 32.9 Å². The monoisotopic (exact) mass is 252 g/mol. The molecule has 2 rings (SSSR count). The van der Waals surface area contributed by atoms with Crippen LogP contribution >= 0.6 is 11.5 Å². The van der Waals surface area contributed by atoms with Crippen molar-refractivity contribution in [3.8, 4) is 0 Å². The van der Waals surface area contributed by atoms with Crippen molar-refractivity contribution in [1.29, 1.82) is 0 Å². The predicted molar refractivity (Wildman–Crippen MR) is 65.7 cm³/mol. The van der Waals surface area contributed by atoms with Crippen LogP contribution in [-0.4, -0.2) is 31.1 Å². The molecule has 0 amide bonds. The van der Waals surface area contributed by atoms with Gasteiger partial charge in [0.25, 0.3) is 0 Å². The highest BCUT2D eigenvalue weighted by Gasteiger charge is 2.20. The number of hydrogen-bond donors (Lipinski definition) is 1. The summed E-state index contributed by atoms with van der Waals surface area (Å²) < 4.78 is 5.84. The Bertz CT molecular complexity index is 437. The van der Waals surface area contributed by atoms with E-state index in [1.54, 1.807) is 6.20 Å². The summed E-state index contributed by atoms with van der Waals surface area (Å²) in [4.78, 5) is 0. The van der Waals surface area contributed by atoms with E-state index in [4.69, 9.17) is 0 Å². The lowest BCUT2D eigenvalue weighted by molar-refractivity contribution is 0.506. The molecule has 0 aliphatic heterocycles. The van der Waals surface area contributed by atoms with Crippen LogP contribution in [0.15, 0.2) is 11.6 Å². The maximum Gasteiger partial charge on any atom is 0.0986 e. The third-order valence-corrected chi connectivity index (χ3v) is 2.98. The summed E-state index contributed by atoms with van der Waals surface area (Å²) in [5.74, 6) is 0. The highest BCUT2D eigenvalue weighted by Crippen LogP contribution is 2.20. The molecule has 1 N–H and O–H groups in total. The predicted octanol–water partition coefficient (Wildman–Crippen LogP) is 1.24. The van der Waals surface area contributed by atoms with E-state index in [0.717, 1.165) is 30.9 Å². The second kappa shape index (κ2) is 5.83. The lowest BCUT2D eigenvalue weighted by Crippen LogP contribution is -2.25. The van der Waals surface area contributed by atoms with Crippen LogP contribution in [0.5, 0.6) is 0 Å². The zero-order chi connectivity index (χ0) is 12.1. The number of aromatic nitrogens is 5. The van der Waals surface area contributed by atoms with Crippen LogP contribution in [-0.2, 0) is 6.54 Å². The minimum atomic E-state index is 0.0281. The molecule has 1 atom stereocenters. The lowest BCUT2D eigenvalue weighted by Gasteiger charge is -2.15. The Morgan fingerprint density at radius 3 is 3.00 bits per heavy atom. The number of aryl methyl sites for hydroxylation is 1. The molecular formula is C10H16N6S. The second-order valence-electron chi connectivity index (χ2n) is 3.70. The van der Waals surface area contributed by atoms with E-state index in [1.807, 2.05) is 10.1 Å². The molecule has 0 aromatic carbocycles. The lowest BCUT2D eigenvalue weighted by atomic mass is 10.1. The van der Waals surface area contributed by atoms with Crippen molar-refractivity contribution in [2.24, 2.45) is 0 Å². The Labute approximate surface area is 104 Å². The molecule has 6 nitrogen and oxygen atoms in total. The molecule has 17 heavy (non-hydrogen) atoms. The molecule has 2 aromatic heterocycles. The SMILES string of the molecule is CCCn1nncc1C(NCC)c1csnn1. The molecule has 0 saturated heterocycles. The van der Waals surface area contributed by atoms with Gasteiger partial charge in [-0.2, -0.15) is 0 Å². The molecule has 0 bridgehead atoms. The van der Waals surface area contributed by atoms with Crippen LogP contribution in [0.25, 0.3) is 0 Å². The zero-order valence-corrected chi connectivity index (χ0v) is 10.8. The summed E-state index contributed by atoms with van der Waals surface area (Å²) in [5, 5.41) is 17.6. The van der Waals surface area contributed by atoms with Gasteiger partial charge in [0.05, 0.1) is 23.6 Å². The number of nitrogens with one attached hydrogen (secondary N) is 1. The van der Waals surface area contributed by atoms with Crippen LogP contribution < -0.4 is 5.32 Å². The summed E-state index contributed by atoms with van der Waals surface area (Å²) >= 11 is 1.36. The van der Waals surface area contributed by atoms with Gasteiger partial charge in [-0.1, -0.05) is 23.5 Å². The average Bonchev–Trinajstić information content (AvgIpc) is 2.97. The topological polar surface area (TPSA) is 68.5 Å². The number of rotatable bonds is 6. The van der Waals surface area contributed by atoms with Crippen molar-refractivity contribution in [1.82, 2.24) is 29.9 Å². The van der Waals surface area contributed by atoms with Gasteiger partial charge in [0.1, 0.15) is 0 Å². The van der Waals surface area contributed by atoms with Gasteiger partial charge in [-0.05, 0) is 24.5 Å². The molecule has 0 spiro atoms. The maximum atomic E-state index is 4.13. The molecule has 2 heterocycles. The Kier molecular flexibility index (Phi) is 4.16. The van der Waals surface area contributed by atoms with E-state index in [0.29, 0.717) is 0 Å². The first-order valence-corrected chi connectivity index (χ1v) is 6.59. The van der Waals surface area contributed by atoms with Gasteiger partial charge in [0.15, 0.2) is 0 Å². The molecule has 1 unspecified atom stereocenters. The quantitative estimate of drug-likeness (QED) is 0.837. The molecule has 0 saturated carbocycles. The Hall–Kier alpha value is -1.34. The van der Waals surface area contributed by atoms with Gasteiger partial charge in [0, 0.05) is 11.9 Å². The highest BCUT2D eigenvalue weighted by atomic mass is 32.1. The molecule has 0 aliphatic carbocycles. The van der Waals surface area contributed by atoms with E-state index in [2.05, 4.69) is 39.1 Å². The van der Waals surface area contributed by atoms with Gasteiger partial charge in [-0.3, -0.25) is 0 Å². The summed E-state index contributed by atoms with van der Waals surface area (Å²) in [7, 11) is 0. The third-order valence-electron chi connectivity index (χ3n) is 2.46. The van der Waals surface area contributed by atoms with Gasteiger partial charge in [-0.15, -0.1) is 10.2 Å². The molecule has 0 aliphatic rings. The van der Waals surface area contributed by atoms with E-state index >= 15 is 0 Å². The number of hydrogen-bond acceptors (Lipinski definition) is 6. The molecule has 0 radical (unpaired) electrons. The fraction of sp³-hybridized carbons (Fsp3) is 0.600. The van der Waals surface area contributed by atoms with Gasteiger partial charge < -0.3 is 5.32 Å². The second-order valence-corrected chi connectivity index (χ2v) is 4.31. The van der Waals surface area contributed by atoms with E-state index in [1.165, 1.54) is 11.5 Å². The van der Waals surface area contributed by atoms with Gasteiger partial charge in [0.2, 0.25) is 0 Å². The van der Waals surface area contributed by atoms with Gasteiger partial charge >= 0.3 is 0 Å². The van der Waals surface area contributed by atoms with Crippen molar-refractivity contribution in [2.75, 3.05) is 6.54 Å². The summed E-state index contributed by atoms with van der Waals surface area (Å²) in [6.45, 7) is 5.92. The maximum absolute atomic E-state index is 4.13. The summed E-state index contributed by atoms with van der Waals surface area (Å²) in [6.07, 6.45) is 2.83. The largest absolute Gasteiger partial charge is 0.304 e. The molecular weight excluding hydrogens is 236 g/mol. The number of nitrogens with zero attached hydrogens (tertiary/aromatic N) is 5. The van der Waals surface area contributed by atoms with Crippen molar-refractivity contribution < 1.29 is 0 Å². The molecule has 7 heteroatoms.